The molecule has 8 aromatic rings. The van der Waals surface area contributed by atoms with Gasteiger partial charge in [0, 0.05) is 22.2 Å². The number of nitrogens with zero attached hydrogens (tertiary/aromatic N) is 1. The van der Waals surface area contributed by atoms with Gasteiger partial charge in [0.15, 0.2) is 0 Å². The Labute approximate surface area is 297 Å². The Morgan fingerprint density at radius 3 is 2.08 bits per heavy atom. The van der Waals surface area contributed by atoms with Crippen LogP contribution in [0.2, 0.25) is 0 Å². The van der Waals surface area contributed by atoms with E-state index in [1.807, 2.05) is 84.9 Å². The van der Waals surface area contributed by atoms with Crippen molar-refractivity contribution in [2.24, 2.45) is 0 Å². The molecule has 0 aliphatic heterocycles. The van der Waals surface area contributed by atoms with E-state index in [0.29, 0.717) is 11.1 Å². The van der Waals surface area contributed by atoms with Crippen LogP contribution in [0.3, 0.4) is 0 Å². The minimum Gasteiger partial charge on any atom is -0.310 e. The van der Waals surface area contributed by atoms with Gasteiger partial charge in [-0.1, -0.05) is 159 Å². The van der Waals surface area contributed by atoms with Gasteiger partial charge in [-0.05, 0) is 90.9 Å². The lowest BCUT2D eigenvalue weighted by Crippen LogP contribution is -2.16. The van der Waals surface area contributed by atoms with Crippen molar-refractivity contribution < 1.29 is 15.1 Å². The lowest BCUT2D eigenvalue weighted by Gasteiger charge is -2.28. The summed E-state index contributed by atoms with van der Waals surface area (Å²) < 4.78 is 101. The van der Waals surface area contributed by atoms with Gasteiger partial charge in [0.05, 0.1) is 20.8 Å². The van der Waals surface area contributed by atoms with Crippen LogP contribution in [-0.4, -0.2) is 0 Å². The highest BCUT2D eigenvalue weighted by molar-refractivity contribution is 6.01. The second kappa shape index (κ2) is 11.1. The van der Waals surface area contributed by atoms with E-state index >= 15 is 0 Å². The molecule has 1 aliphatic rings. The topological polar surface area (TPSA) is 3.24 Å². The van der Waals surface area contributed by atoms with Crippen molar-refractivity contribution >= 4 is 38.6 Å². The first-order chi connectivity index (χ1) is 28.2. The maximum atomic E-state index is 9.72. The zero-order chi connectivity index (χ0) is 41.8. The summed E-state index contributed by atoms with van der Waals surface area (Å²) in [5, 5.41) is 1.39. The van der Waals surface area contributed by atoms with Crippen LogP contribution >= 0.6 is 0 Å². The molecule has 228 valence electrons. The standard InChI is InChI=1S/C47H35N/c1-47(2)44-25-8-7-21-42(44)43-24-12-23-41(46(43)47)34-27-29-36(30-28-34)48(45-26-11-16-33-14-4-6-20-40(33)45)37-18-9-17-35(31-37)39-22-10-15-32-13-3-5-19-38(32)39/h3-31H,1-2H3/i4D,6D,11D,14D,16D,20D,26D,27D,28D,29D,30D. The summed E-state index contributed by atoms with van der Waals surface area (Å²) in [6.45, 7) is 4.15. The first kappa shape index (κ1) is 19.0. The number of benzene rings is 8. The first-order valence-electron chi connectivity index (χ1n) is 21.4. The maximum Gasteiger partial charge on any atom is 0.0645 e. The Morgan fingerprint density at radius 2 is 1.17 bits per heavy atom. The van der Waals surface area contributed by atoms with Crippen LogP contribution in [0.5, 0.6) is 0 Å². The van der Waals surface area contributed by atoms with Gasteiger partial charge in [0.1, 0.15) is 0 Å². The van der Waals surface area contributed by atoms with Crippen molar-refractivity contribution in [3.05, 3.63) is 187 Å². The molecular weight excluding hydrogens is 579 g/mol. The SMILES string of the molecule is [2H]c1c([2H])c(N(c2cccc(-c3cccc4ccccc34)c2)c2c([2H])c([2H])c([2H])c3c([2H])c([2H])c([2H])c([2H])c23)c([2H])c([2H])c1-c1cccc2c1C(C)(C)c1ccccc1-2. The summed E-state index contributed by atoms with van der Waals surface area (Å²) >= 11 is 0. The van der Waals surface area contributed by atoms with Crippen molar-refractivity contribution in [1.82, 2.24) is 0 Å². The number of hydrogen-bond donors (Lipinski definition) is 0. The largest absolute Gasteiger partial charge is 0.310 e. The fourth-order valence-electron chi connectivity index (χ4n) is 7.24. The van der Waals surface area contributed by atoms with Crippen molar-refractivity contribution in [3.8, 4) is 33.4 Å². The molecule has 0 amide bonds. The normalized spacial score (nSPS) is 16.2. The average molecular weight is 625 g/mol. The van der Waals surface area contributed by atoms with E-state index in [2.05, 4.69) is 19.9 Å². The molecule has 0 saturated carbocycles. The molecule has 0 aromatic heterocycles. The summed E-state index contributed by atoms with van der Waals surface area (Å²) in [5.74, 6) is 0. The van der Waals surface area contributed by atoms with Crippen LogP contribution in [0.25, 0.3) is 54.9 Å². The molecule has 9 rings (SSSR count). The fourth-order valence-corrected chi connectivity index (χ4v) is 7.24. The molecule has 0 fully saturated rings. The van der Waals surface area contributed by atoms with E-state index < -0.39 is 59.8 Å². The second-order valence-corrected chi connectivity index (χ2v) is 12.5. The third-order valence-electron chi connectivity index (χ3n) is 9.41. The number of fused-ring (bicyclic) bond motifs is 5. The Hall–Kier alpha value is -5.92. The Bertz CT molecular complexity index is 3080. The van der Waals surface area contributed by atoms with Crippen molar-refractivity contribution in [2.45, 2.75) is 19.3 Å². The molecule has 0 heterocycles. The third kappa shape index (κ3) is 4.47. The molecule has 1 aliphatic carbocycles. The lowest BCUT2D eigenvalue weighted by molar-refractivity contribution is 0.662. The van der Waals surface area contributed by atoms with Crippen molar-refractivity contribution in [1.29, 1.82) is 0 Å². The quantitative estimate of drug-likeness (QED) is 0.184. The van der Waals surface area contributed by atoms with E-state index in [1.165, 1.54) is 4.90 Å². The van der Waals surface area contributed by atoms with E-state index in [1.54, 1.807) is 18.2 Å². The summed E-state index contributed by atoms with van der Waals surface area (Å²) in [6.07, 6.45) is 0. The predicted molar refractivity (Wildman–Crippen MR) is 205 cm³/mol. The second-order valence-electron chi connectivity index (χ2n) is 12.5. The van der Waals surface area contributed by atoms with Crippen LogP contribution in [-0.2, 0) is 5.41 Å². The van der Waals surface area contributed by atoms with Gasteiger partial charge >= 0.3 is 0 Å². The average Bonchev–Trinajstić information content (AvgIpc) is 3.48. The summed E-state index contributed by atoms with van der Waals surface area (Å²) in [7, 11) is 0. The van der Waals surface area contributed by atoms with E-state index in [0.717, 1.165) is 38.6 Å². The van der Waals surface area contributed by atoms with Gasteiger partial charge in [0.25, 0.3) is 0 Å². The minimum absolute atomic E-state index is 0.0893. The van der Waals surface area contributed by atoms with Gasteiger partial charge < -0.3 is 4.90 Å². The zero-order valence-corrected chi connectivity index (χ0v) is 26.3. The summed E-state index contributed by atoms with van der Waals surface area (Å²) in [5.41, 5.74) is 5.27. The van der Waals surface area contributed by atoms with Gasteiger partial charge in [-0.25, -0.2) is 0 Å². The fraction of sp³-hybridized carbons (Fsp3) is 0.0638. The monoisotopic (exact) mass is 624 g/mol. The van der Waals surface area contributed by atoms with E-state index in [9.17, 15) is 6.85 Å². The summed E-state index contributed by atoms with van der Waals surface area (Å²) in [4.78, 5) is 1.30. The Morgan fingerprint density at radius 1 is 0.479 bits per heavy atom. The van der Waals surface area contributed by atoms with E-state index in [-0.39, 0.29) is 45.5 Å². The smallest absolute Gasteiger partial charge is 0.0645 e. The first-order valence-corrected chi connectivity index (χ1v) is 15.9. The van der Waals surface area contributed by atoms with Crippen LogP contribution in [0.4, 0.5) is 17.1 Å². The highest BCUT2D eigenvalue weighted by Gasteiger charge is 2.37. The lowest BCUT2D eigenvalue weighted by atomic mass is 9.79. The molecule has 1 heteroatoms. The molecule has 0 N–H and O–H groups in total. The molecule has 0 radical (unpaired) electrons. The summed E-state index contributed by atoms with van der Waals surface area (Å²) in [6, 6.07) is 28.7. The van der Waals surface area contributed by atoms with E-state index in [4.69, 9.17) is 8.22 Å². The number of rotatable bonds is 5. The van der Waals surface area contributed by atoms with Gasteiger partial charge in [0.2, 0.25) is 0 Å². The number of anilines is 3. The molecule has 48 heavy (non-hydrogen) atoms. The molecule has 0 unspecified atom stereocenters. The highest BCUT2D eigenvalue weighted by atomic mass is 15.1. The van der Waals surface area contributed by atoms with Crippen LogP contribution in [0.15, 0.2) is 176 Å². The Kier molecular flexibility index (Phi) is 4.40. The van der Waals surface area contributed by atoms with Crippen LogP contribution in [0.1, 0.15) is 40.1 Å². The molecule has 0 spiro atoms. The molecule has 0 saturated heterocycles. The zero-order valence-electron chi connectivity index (χ0n) is 37.3. The van der Waals surface area contributed by atoms with Crippen LogP contribution in [0, 0.1) is 0 Å². The van der Waals surface area contributed by atoms with Crippen molar-refractivity contribution in [3.63, 3.8) is 0 Å². The molecule has 0 bridgehead atoms. The van der Waals surface area contributed by atoms with Crippen LogP contribution < -0.4 is 4.90 Å². The highest BCUT2D eigenvalue weighted by Crippen LogP contribution is 2.52. The number of hydrogen-bond acceptors (Lipinski definition) is 1. The molecule has 0 atom stereocenters. The minimum atomic E-state index is -0.624. The van der Waals surface area contributed by atoms with Gasteiger partial charge in [-0.3, -0.25) is 0 Å². The van der Waals surface area contributed by atoms with Gasteiger partial charge in [-0.15, -0.1) is 0 Å². The maximum absolute atomic E-state index is 9.72. The Balaban J connectivity index is 1.38. The predicted octanol–water partition coefficient (Wildman–Crippen LogP) is 13.1. The molecule has 1 nitrogen and oxygen atoms in total. The molecular formula is C47H35N. The van der Waals surface area contributed by atoms with Crippen molar-refractivity contribution in [2.75, 3.05) is 4.90 Å². The van der Waals surface area contributed by atoms with Gasteiger partial charge in [-0.2, -0.15) is 0 Å². The third-order valence-corrected chi connectivity index (χ3v) is 9.41. The molecule has 8 aromatic carbocycles.